The van der Waals surface area contributed by atoms with Gasteiger partial charge < -0.3 is 5.11 Å². The van der Waals surface area contributed by atoms with Crippen LogP contribution >= 0.6 is 11.6 Å². The summed E-state index contributed by atoms with van der Waals surface area (Å²) >= 11 is 5.87. The summed E-state index contributed by atoms with van der Waals surface area (Å²) in [5.74, 6) is -1.66. The van der Waals surface area contributed by atoms with Gasteiger partial charge in [-0.15, -0.1) is 0 Å². The first-order chi connectivity index (χ1) is 7.58. The Balaban J connectivity index is 2.58. The Morgan fingerprint density at radius 1 is 1.00 bits per heavy atom. The third-order valence-corrected chi connectivity index (χ3v) is 2.52. The monoisotopic (exact) mass is 240 g/mol. The summed E-state index contributed by atoms with van der Waals surface area (Å²) in [6, 6.07) is 7.62. The van der Waals surface area contributed by atoms with Gasteiger partial charge in [-0.25, -0.2) is 8.78 Å². The maximum absolute atomic E-state index is 13.1. The van der Waals surface area contributed by atoms with Crippen LogP contribution in [0.5, 0.6) is 5.75 Å². The molecule has 1 nitrogen and oxygen atoms in total. The minimum Gasteiger partial charge on any atom is -0.505 e. The lowest BCUT2D eigenvalue weighted by Crippen LogP contribution is -1.84. The number of phenolic OH excluding ortho intramolecular Hbond substituents is 1. The predicted molar refractivity (Wildman–Crippen MR) is 58.5 cm³/mol. The van der Waals surface area contributed by atoms with Crippen molar-refractivity contribution in [3.63, 3.8) is 0 Å². The molecule has 82 valence electrons. The van der Waals surface area contributed by atoms with Crippen molar-refractivity contribution in [2.75, 3.05) is 0 Å². The number of benzene rings is 2. The molecule has 0 saturated heterocycles. The Bertz CT molecular complexity index is 541. The van der Waals surface area contributed by atoms with Crippen LogP contribution in [0.2, 0.25) is 5.02 Å². The van der Waals surface area contributed by atoms with Gasteiger partial charge in [0.25, 0.3) is 0 Å². The number of rotatable bonds is 1. The molecule has 0 heterocycles. The fraction of sp³-hybridized carbons (Fsp3) is 0. The second kappa shape index (κ2) is 4.10. The molecule has 4 heteroatoms. The zero-order chi connectivity index (χ0) is 11.7. The molecule has 16 heavy (non-hydrogen) atoms. The predicted octanol–water partition coefficient (Wildman–Crippen LogP) is 3.99. The van der Waals surface area contributed by atoms with Gasteiger partial charge in [0.1, 0.15) is 5.82 Å². The molecule has 0 aliphatic carbocycles. The second-order valence-electron chi connectivity index (χ2n) is 3.29. The van der Waals surface area contributed by atoms with E-state index in [0.717, 1.165) is 6.07 Å². The summed E-state index contributed by atoms with van der Waals surface area (Å²) in [4.78, 5) is 0. The van der Waals surface area contributed by atoms with E-state index in [-0.39, 0.29) is 0 Å². The van der Waals surface area contributed by atoms with E-state index in [1.807, 2.05) is 0 Å². The lowest BCUT2D eigenvalue weighted by Gasteiger charge is -2.05. The van der Waals surface area contributed by atoms with E-state index in [0.29, 0.717) is 16.1 Å². The van der Waals surface area contributed by atoms with Crippen LogP contribution in [-0.4, -0.2) is 5.11 Å². The zero-order valence-electron chi connectivity index (χ0n) is 8.05. The molecule has 0 spiro atoms. The summed E-state index contributed by atoms with van der Waals surface area (Å²) in [6.07, 6.45) is 0. The quantitative estimate of drug-likeness (QED) is 0.799. The van der Waals surface area contributed by atoms with Crippen LogP contribution in [0.15, 0.2) is 36.4 Å². The van der Waals surface area contributed by atoms with E-state index < -0.39 is 17.4 Å². The molecule has 0 radical (unpaired) electrons. The van der Waals surface area contributed by atoms with Crippen molar-refractivity contribution < 1.29 is 13.9 Å². The molecular weight excluding hydrogens is 234 g/mol. The lowest BCUT2D eigenvalue weighted by atomic mass is 10.1. The van der Waals surface area contributed by atoms with Crippen LogP contribution < -0.4 is 0 Å². The van der Waals surface area contributed by atoms with Gasteiger partial charge in [0, 0.05) is 10.6 Å². The number of hydrogen-bond acceptors (Lipinski definition) is 1. The van der Waals surface area contributed by atoms with E-state index in [2.05, 4.69) is 0 Å². The highest BCUT2D eigenvalue weighted by molar-refractivity contribution is 6.33. The Kier molecular flexibility index (Phi) is 2.79. The van der Waals surface area contributed by atoms with Crippen LogP contribution in [0, 0.1) is 11.6 Å². The molecule has 2 rings (SSSR count). The molecule has 1 N–H and O–H groups in total. The van der Waals surface area contributed by atoms with Gasteiger partial charge in [-0.3, -0.25) is 0 Å². The molecule has 2 aromatic carbocycles. The molecule has 0 aliphatic heterocycles. The Hall–Kier alpha value is -1.61. The van der Waals surface area contributed by atoms with E-state index in [4.69, 9.17) is 16.7 Å². The van der Waals surface area contributed by atoms with Crippen molar-refractivity contribution in [2.45, 2.75) is 0 Å². The minimum atomic E-state index is -0.766. The first-order valence-electron chi connectivity index (χ1n) is 4.52. The summed E-state index contributed by atoms with van der Waals surface area (Å²) < 4.78 is 26.1. The van der Waals surface area contributed by atoms with Gasteiger partial charge in [-0.1, -0.05) is 17.7 Å². The Morgan fingerprint density at radius 3 is 2.44 bits per heavy atom. The van der Waals surface area contributed by atoms with Crippen LogP contribution in [0.3, 0.4) is 0 Å². The van der Waals surface area contributed by atoms with Crippen molar-refractivity contribution in [2.24, 2.45) is 0 Å². The van der Waals surface area contributed by atoms with Crippen molar-refractivity contribution >= 4 is 11.6 Å². The van der Waals surface area contributed by atoms with Gasteiger partial charge in [0.2, 0.25) is 0 Å². The largest absolute Gasteiger partial charge is 0.505 e. The third-order valence-electron chi connectivity index (χ3n) is 2.19. The number of hydrogen-bond donors (Lipinski definition) is 1. The molecule has 0 saturated carbocycles. The molecule has 0 amide bonds. The highest BCUT2D eigenvalue weighted by atomic mass is 35.5. The number of aromatic hydroxyl groups is 1. The smallest absolute Gasteiger partial charge is 0.165 e. The SMILES string of the molecule is Oc1ccc(-c2cc(F)ccc2Cl)cc1F. The van der Waals surface area contributed by atoms with Crippen LogP contribution in [0.1, 0.15) is 0 Å². The van der Waals surface area contributed by atoms with Gasteiger partial charge >= 0.3 is 0 Å². The van der Waals surface area contributed by atoms with Crippen molar-refractivity contribution in [1.29, 1.82) is 0 Å². The van der Waals surface area contributed by atoms with Gasteiger partial charge in [-0.05, 0) is 35.9 Å². The maximum Gasteiger partial charge on any atom is 0.165 e. The van der Waals surface area contributed by atoms with Crippen molar-refractivity contribution in [3.05, 3.63) is 53.1 Å². The summed E-state index contributed by atoms with van der Waals surface area (Å²) in [7, 11) is 0. The number of phenols is 1. The Labute approximate surface area is 95.9 Å². The van der Waals surface area contributed by atoms with E-state index in [1.165, 1.54) is 30.3 Å². The van der Waals surface area contributed by atoms with Gasteiger partial charge in [-0.2, -0.15) is 0 Å². The van der Waals surface area contributed by atoms with Crippen LogP contribution in [0.4, 0.5) is 8.78 Å². The third kappa shape index (κ3) is 1.99. The molecule has 0 bridgehead atoms. The molecule has 0 aliphatic rings. The molecule has 0 atom stereocenters. The normalized spacial score (nSPS) is 10.4. The molecular formula is C12H7ClF2O. The van der Waals surface area contributed by atoms with Crippen molar-refractivity contribution in [1.82, 2.24) is 0 Å². The van der Waals surface area contributed by atoms with Crippen LogP contribution in [0.25, 0.3) is 11.1 Å². The summed E-state index contributed by atoms with van der Waals surface area (Å²) in [6.45, 7) is 0. The average molecular weight is 241 g/mol. The first kappa shape index (κ1) is 10.9. The lowest BCUT2D eigenvalue weighted by molar-refractivity contribution is 0.432. The van der Waals surface area contributed by atoms with Crippen LogP contribution in [-0.2, 0) is 0 Å². The topological polar surface area (TPSA) is 20.2 Å². The minimum absolute atomic E-state index is 0.325. The Morgan fingerprint density at radius 2 is 1.75 bits per heavy atom. The number of halogens is 3. The first-order valence-corrected chi connectivity index (χ1v) is 4.89. The maximum atomic E-state index is 13.1. The van der Waals surface area contributed by atoms with Gasteiger partial charge in [0.05, 0.1) is 0 Å². The highest BCUT2D eigenvalue weighted by Crippen LogP contribution is 2.30. The summed E-state index contributed by atoms with van der Waals surface area (Å²) in [5.41, 5.74) is 0.806. The van der Waals surface area contributed by atoms with Crippen molar-refractivity contribution in [3.8, 4) is 16.9 Å². The van der Waals surface area contributed by atoms with E-state index in [9.17, 15) is 8.78 Å². The van der Waals surface area contributed by atoms with E-state index in [1.54, 1.807) is 0 Å². The fourth-order valence-corrected chi connectivity index (χ4v) is 1.62. The molecule has 0 aromatic heterocycles. The van der Waals surface area contributed by atoms with Gasteiger partial charge in [0.15, 0.2) is 11.6 Å². The van der Waals surface area contributed by atoms with E-state index >= 15 is 0 Å². The standard InChI is InChI=1S/C12H7ClF2O/c13-10-3-2-8(14)6-9(10)7-1-4-12(16)11(15)5-7/h1-6,16H. The average Bonchev–Trinajstić information content (AvgIpc) is 2.26. The molecule has 2 aromatic rings. The summed E-state index contributed by atoms with van der Waals surface area (Å²) in [5, 5.41) is 9.36. The zero-order valence-corrected chi connectivity index (χ0v) is 8.80. The molecule has 0 unspecified atom stereocenters. The second-order valence-corrected chi connectivity index (χ2v) is 3.70. The highest BCUT2D eigenvalue weighted by Gasteiger charge is 2.08. The fourth-order valence-electron chi connectivity index (χ4n) is 1.39. The molecule has 0 fully saturated rings.